The molecule has 1 saturated heterocycles. The fourth-order valence-corrected chi connectivity index (χ4v) is 3.28. The van der Waals surface area contributed by atoms with Crippen molar-refractivity contribution < 1.29 is 9.18 Å². The minimum absolute atomic E-state index is 0.146. The molecule has 0 aromatic heterocycles. The van der Waals surface area contributed by atoms with Gasteiger partial charge in [-0.05, 0) is 46.8 Å². The number of hydrogen-bond donors (Lipinski definition) is 0. The molecule has 1 aromatic carbocycles. The number of benzene rings is 1. The van der Waals surface area contributed by atoms with Crippen LogP contribution in [0.5, 0.6) is 0 Å². The molecule has 5 heteroatoms. The predicted molar refractivity (Wildman–Crippen MR) is 76.5 cm³/mol. The molecule has 1 fully saturated rings. The zero-order valence-electron chi connectivity index (χ0n) is 9.83. The highest BCUT2D eigenvalue weighted by Crippen LogP contribution is 2.25. The van der Waals surface area contributed by atoms with Gasteiger partial charge in [0.2, 0.25) is 0 Å². The zero-order valence-corrected chi connectivity index (χ0v) is 13.0. The maximum Gasteiger partial charge on any atom is 0.257 e. The van der Waals surface area contributed by atoms with Gasteiger partial charge in [-0.3, -0.25) is 4.79 Å². The Morgan fingerprint density at radius 2 is 2.28 bits per heavy atom. The van der Waals surface area contributed by atoms with E-state index in [2.05, 4.69) is 31.9 Å². The minimum Gasteiger partial charge on any atom is -0.338 e. The molecule has 1 aliphatic rings. The van der Waals surface area contributed by atoms with Gasteiger partial charge in [0.05, 0.1) is 5.56 Å². The summed E-state index contributed by atoms with van der Waals surface area (Å²) in [6.07, 6.45) is 2.10. The Bertz CT molecular complexity index is 432. The van der Waals surface area contributed by atoms with Crippen LogP contribution in [0.2, 0.25) is 0 Å². The van der Waals surface area contributed by atoms with Crippen molar-refractivity contribution in [1.29, 1.82) is 0 Å². The molecule has 1 aliphatic heterocycles. The van der Waals surface area contributed by atoms with Crippen molar-refractivity contribution >= 4 is 37.8 Å². The summed E-state index contributed by atoms with van der Waals surface area (Å²) in [6.45, 7) is 1.41. The van der Waals surface area contributed by atoms with Crippen molar-refractivity contribution in [2.24, 2.45) is 5.92 Å². The molecule has 0 N–H and O–H groups in total. The van der Waals surface area contributed by atoms with Gasteiger partial charge in [0.1, 0.15) is 5.82 Å². The van der Waals surface area contributed by atoms with Gasteiger partial charge in [-0.15, -0.1) is 0 Å². The number of rotatable bonds is 2. The largest absolute Gasteiger partial charge is 0.338 e. The van der Waals surface area contributed by atoms with Crippen molar-refractivity contribution in [2.45, 2.75) is 12.8 Å². The topological polar surface area (TPSA) is 20.3 Å². The van der Waals surface area contributed by atoms with E-state index in [0.29, 0.717) is 23.5 Å². The molecule has 0 radical (unpaired) electrons. The maximum atomic E-state index is 13.7. The average molecular weight is 379 g/mol. The fraction of sp³-hybridized carbons (Fsp3) is 0.462. The van der Waals surface area contributed by atoms with Crippen LogP contribution in [0, 0.1) is 11.7 Å². The van der Waals surface area contributed by atoms with E-state index in [0.717, 1.165) is 18.2 Å². The summed E-state index contributed by atoms with van der Waals surface area (Å²) >= 11 is 6.70. The molecule has 1 atom stereocenters. The second-order valence-corrected chi connectivity index (χ2v) is 6.01. The Morgan fingerprint density at radius 3 is 2.94 bits per heavy atom. The molecule has 2 rings (SSSR count). The number of carbonyl (C=O) groups excluding carboxylic acids is 1. The van der Waals surface area contributed by atoms with Crippen molar-refractivity contribution in [3.63, 3.8) is 0 Å². The summed E-state index contributed by atoms with van der Waals surface area (Å²) in [4.78, 5) is 14.1. The van der Waals surface area contributed by atoms with E-state index in [1.54, 1.807) is 17.0 Å². The third-order valence-corrected chi connectivity index (χ3v) is 4.78. The van der Waals surface area contributed by atoms with Gasteiger partial charge in [-0.25, -0.2) is 4.39 Å². The van der Waals surface area contributed by atoms with E-state index in [1.807, 2.05) is 0 Å². The highest BCUT2D eigenvalue weighted by molar-refractivity contribution is 9.10. The van der Waals surface area contributed by atoms with Crippen molar-refractivity contribution in [1.82, 2.24) is 4.90 Å². The van der Waals surface area contributed by atoms with Crippen molar-refractivity contribution in [3.8, 4) is 0 Å². The summed E-state index contributed by atoms with van der Waals surface area (Å²) in [7, 11) is 0. The van der Waals surface area contributed by atoms with E-state index in [9.17, 15) is 9.18 Å². The van der Waals surface area contributed by atoms with E-state index in [-0.39, 0.29) is 11.5 Å². The number of nitrogens with zero attached hydrogens (tertiary/aromatic N) is 1. The first-order valence-corrected chi connectivity index (χ1v) is 7.84. The summed E-state index contributed by atoms with van der Waals surface area (Å²) in [5.74, 6) is -0.214. The van der Waals surface area contributed by atoms with E-state index in [1.165, 1.54) is 6.07 Å². The van der Waals surface area contributed by atoms with E-state index >= 15 is 0 Å². The molecule has 1 aromatic rings. The maximum absolute atomic E-state index is 13.7. The molecule has 1 unspecified atom stereocenters. The number of alkyl halides is 1. The minimum atomic E-state index is -0.463. The standard InChI is InChI=1S/C13H14Br2FNO/c14-7-9-3-2-6-17(8-9)13(18)12-10(15)4-1-5-11(12)16/h1,4-5,9H,2-3,6-8H2. The normalized spacial score (nSPS) is 19.9. The third-order valence-electron chi connectivity index (χ3n) is 3.20. The molecular formula is C13H14Br2FNO. The molecule has 98 valence electrons. The lowest BCUT2D eigenvalue weighted by Crippen LogP contribution is -2.40. The smallest absolute Gasteiger partial charge is 0.257 e. The molecule has 0 saturated carbocycles. The molecule has 18 heavy (non-hydrogen) atoms. The first kappa shape index (κ1) is 14.0. The van der Waals surface area contributed by atoms with Gasteiger partial charge in [0.15, 0.2) is 0 Å². The van der Waals surface area contributed by atoms with Crippen LogP contribution >= 0.6 is 31.9 Å². The Kier molecular flexibility index (Phi) is 4.78. The Morgan fingerprint density at radius 1 is 1.50 bits per heavy atom. The van der Waals surface area contributed by atoms with Crippen molar-refractivity contribution in [3.05, 3.63) is 34.1 Å². The van der Waals surface area contributed by atoms with Crippen LogP contribution in [-0.2, 0) is 0 Å². The number of likely N-dealkylation sites (tertiary alicyclic amines) is 1. The lowest BCUT2D eigenvalue weighted by molar-refractivity contribution is 0.0680. The quantitative estimate of drug-likeness (QED) is 0.716. The zero-order chi connectivity index (χ0) is 13.1. The van der Waals surface area contributed by atoms with Crippen LogP contribution in [0.25, 0.3) is 0 Å². The van der Waals surface area contributed by atoms with Crippen LogP contribution in [0.3, 0.4) is 0 Å². The summed E-state index contributed by atoms with van der Waals surface area (Å²) in [6, 6.07) is 4.61. The van der Waals surface area contributed by atoms with E-state index in [4.69, 9.17) is 0 Å². The number of halogens is 3. The highest BCUT2D eigenvalue weighted by Gasteiger charge is 2.26. The molecule has 0 bridgehead atoms. The van der Waals surface area contributed by atoms with E-state index < -0.39 is 5.82 Å². The molecule has 1 heterocycles. The first-order valence-electron chi connectivity index (χ1n) is 5.92. The van der Waals surface area contributed by atoms with Crippen LogP contribution < -0.4 is 0 Å². The second kappa shape index (κ2) is 6.15. The van der Waals surface area contributed by atoms with Gasteiger partial charge in [-0.1, -0.05) is 22.0 Å². The molecule has 2 nitrogen and oxygen atoms in total. The summed E-state index contributed by atoms with van der Waals surface area (Å²) in [5.41, 5.74) is 0.146. The molecular weight excluding hydrogens is 365 g/mol. The second-order valence-electron chi connectivity index (χ2n) is 4.51. The third kappa shape index (κ3) is 2.94. The van der Waals surface area contributed by atoms with Gasteiger partial charge in [0.25, 0.3) is 5.91 Å². The number of hydrogen-bond acceptors (Lipinski definition) is 1. The molecule has 1 amide bonds. The van der Waals surface area contributed by atoms with Crippen LogP contribution in [0.1, 0.15) is 23.2 Å². The SMILES string of the molecule is O=C(c1c(F)cccc1Br)N1CCCC(CBr)C1. The van der Waals surface area contributed by atoms with Gasteiger partial charge in [-0.2, -0.15) is 0 Å². The summed E-state index contributed by atoms with van der Waals surface area (Å²) in [5, 5.41) is 0.884. The van der Waals surface area contributed by atoms with Gasteiger partial charge in [0, 0.05) is 22.9 Å². The lowest BCUT2D eigenvalue weighted by Gasteiger charge is -2.32. The molecule has 0 aliphatic carbocycles. The lowest BCUT2D eigenvalue weighted by atomic mass is 9.99. The fourth-order valence-electron chi connectivity index (χ4n) is 2.24. The van der Waals surface area contributed by atoms with Crippen LogP contribution in [0.4, 0.5) is 4.39 Å². The Hall–Kier alpha value is -0.420. The number of carbonyl (C=O) groups is 1. The van der Waals surface area contributed by atoms with Crippen LogP contribution in [0.15, 0.2) is 22.7 Å². The highest BCUT2D eigenvalue weighted by atomic mass is 79.9. The Labute approximate surface area is 123 Å². The number of piperidine rings is 1. The average Bonchev–Trinajstić information content (AvgIpc) is 2.38. The first-order chi connectivity index (χ1) is 8.63. The Balaban J connectivity index is 2.20. The monoisotopic (exact) mass is 377 g/mol. The number of amides is 1. The molecule has 0 spiro atoms. The predicted octanol–water partition coefficient (Wildman–Crippen LogP) is 3.84. The summed E-state index contributed by atoms with van der Waals surface area (Å²) < 4.78 is 14.3. The van der Waals surface area contributed by atoms with Gasteiger partial charge < -0.3 is 4.90 Å². The van der Waals surface area contributed by atoms with Gasteiger partial charge >= 0.3 is 0 Å². The van der Waals surface area contributed by atoms with Crippen molar-refractivity contribution in [2.75, 3.05) is 18.4 Å². The van der Waals surface area contributed by atoms with Crippen LogP contribution in [-0.4, -0.2) is 29.2 Å².